The number of ether oxygens (including phenoxy) is 1. The fraction of sp³-hybridized carbons (Fsp3) is 0.143. The fourth-order valence-electron chi connectivity index (χ4n) is 1.67. The molecule has 20 heavy (non-hydrogen) atoms. The Balaban J connectivity index is 2.34. The van der Waals surface area contributed by atoms with Crippen molar-refractivity contribution in [2.75, 3.05) is 0 Å². The fourth-order valence-corrected chi connectivity index (χ4v) is 2.67. The highest BCUT2D eigenvalue weighted by Crippen LogP contribution is 2.36. The lowest BCUT2D eigenvalue weighted by molar-refractivity contribution is -0.138. The molecular weight excluding hydrogens is 448 g/mol. The zero-order valence-corrected chi connectivity index (χ0v) is 13.8. The molecule has 0 unspecified atom stereocenters. The van der Waals surface area contributed by atoms with Gasteiger partial charge in [0.25, 0.3) is 0 Å². The van der Waals surface area contributed by atoms with Crippen LogP contribution in [0.4, 0.5) is 13.2 Å². The molecule has 0 amide bonds. The summed E-state index contributed by atoms with van der Waals surface area (Å²) in [4.78, 5) is 0. The lowest BCUT2D eigenvalue weighted by atomic mass is 10.1. The molecule has 0 bridgehead atoms. The van der Waals surface area contributed by atoms with Gasteiger partial charge in [0.05, 0.1) is 5.56 Å². The van der Waals surface area contributed by atoms with Gasteiger partial charge in [0.1, 0.15) is 11.5 Å². The number of hydrogen-bond acceptors (Lipinski definition) is 1. The molecule has 0 fully saturated rings. The standard InChI is InChI=1S/C14H9BrF3IO/c15-8-9-4-5-12(7-13(9)14(16,17)18)20-11-3-1-2-10(19)6-11/h1-7H,8H2. The number of hydrogen-bond donors (Lipinski definition) is 0. The van der Waals surface area contributed by atoms with Gasteiger partial charge in [0, 0.05) is 8.90 Å². The van der Waals surface area contributed by atoms with E-state index in [0.29, 0.717) is 5.75 Å². The summed E-state index contributed by atoms with van der Waals surface area (Å²) in [7, 11) is 0. The van der Waals surface area contributed by atoms with Crippen LogP contribution in [0.1, 0.15) is 11.1 Å². The molecule has 6 heteroatoms. The average Bonchev–Trinajstić information content (AvgIpc) is 2.37. The number of rotatable bonds is 3. The topological polar surface area (TPSA) is 9.23 Å². The average molecular weight is 457 g/mol. The Hall–Kier alpha value is -0.760. The second-order valence-corrected chi connectivity index (χ2v) is 5.82. The van der Waals surface area contributed by atoms with Crippen LogP contribution in [-0.4, -0.2) is 0 Å². The predicted molar refractivity (Wildman–Crippen MR) is 83.3 cm³/mol. The van der Waals surface area contributed by atoms with Crippen molar-refractivity contribution in [2.24, 2.45) is 0 Å². The van der Waals surface area contributed by atoms with Crippen molar-refractivity contribution < 1.29 is 17.9 Å². The molecule has 0 saturated carbocycles. The third kappa shape index (κ3) is 3.88. The molecule has 2 aromatic carbocycles. The van der Waals surface area contributed by atoms with Crippen LogP contribution in [0.3, 0.4) is 0 Å². The molecule has 0 radical (unpaired) electrons. The largest absolute Gasteiger partial charge is 0.457 e. The molecule has 0 aliphatic carbocycles. The molecule has 0 atom stereocenters. The van der Waals surface area contributed by atoms with Gasteiger partial charge in [0.2, 0.25) is 0 Å². The van der Waals surface area contributed by atoms with E-state index in [4.69, 9.17) is 4.74 Å². The minimum absolute atomic E-state index is 0.144. The van der Waals surface area contributed by atoms with Crippen LogP contribution in [0.25, 0.3) is 0 Å². The molecule has 0 aromatic heterocycles. The predicted octanol–water partition coefficient (Wildman–Crippen LogP) is 6.00. The van der Waals surface area contributed by atoms with E-state index in [1.54, 1.807) is 18.2 Å². The van der Waals surface area contributed by atoms with E-state index in [0.717, 1.165) is 9.64 Å². The van der Waals surface area contributed by atoms with Gasteiger partial charge in [-0.25, -0.2) is 0 Å². The van der Waals surface area contributed by atoms with Gasteiger partial charge in [-0.15, -0.1) is 0 Å². The molecule has 0 N–H and O–H groups in total. The van der Waals surface area contributed by atoms with Crippen molar-refractivity contribution in [3.05, 3.63) is 57.2 Å². The van der Waals surface area contributed by atoms with Crippen LogP contribution < -0.4 is 4.74 Å². The van der Waals surface area contributed by atoms with Crippen molar-refractivity contribution in [2.45, 2.75) is 11.5 Å². The second kappa shape index (κ2) is 6.34. The van der Waals surface area contributed by atoms with E-state index >= 15 is 0 Å². The third-order valence-corrected chi connectivity index (χ3v) is 3.84. The Morgan fingerprint density at radius 3 is 2.35 bits per heavy atom. The molecule has 0 aliphatic heterocycles. The van der Waals surface area contributed by atoms with E-state index in [-0.39, 0.29) is 16.6 Å². The molecular formula is C14H9BrF3IO. The van der Waals surface area contributed by atoms with Gasteiger partial charge in [-0.05, 0) is 58.5 Å². The number of benzene rings is 2. The Morgan fingerprint density at radius 1 is 1.05 bits per heavy atom. The lowest BCUT2D eigenvalue weighted by Crippen LogP contribution is -2.08. The van der Waals surface area contributed by atoms with Crippen LogP contribution in [0.5, 0.6) is 11.5 Å². The van der Waals surface area contributed by atoms with E-state index in [2.05, 4.69) is 38.5 Å². The van der Waals surface area contributed by atoms with Crippen molar-refractivity contribution in [1.82, 2.24) is 0 Å². The van der Waals surface area contributed by atoms with Crippen molar-refractivity contribution in [1.29, 1.82) is 0 Å². The number of alkyl halides is 4. The SMILES string of the molecule is FC(F)(F)c1cc(Oc2cccc(I)c2)ccc1CBr. The Bertz CT molecular complexity index is 614. The summed E-state index contributed by atoms with van der Waals surface area (Å²) in [6.45, 7) is 0. The van der Waals surface area contributed by atoms with E-state index in [1.165, 1.54) is 12.1 Å². The maximum atomic E-state index is 12.9. The second-order valence-electron chi connectivity index (χ2n) is 4.01. The maximum absolute atomic E-state index is 12.9. The highest BCUT2D eigenvalue weighted by molar-refractivity contribution is 14.1. The highest BCUT2D eigenvalue weighted by Gasteiger charge is 2.33. The maximum Gasteiger partial charge on any atom is 0.416 e. The van der Waals surface area contributed by atoms with Crippen LogP contribution in [-0.2, 0) is 11.5 Å². The van der Waals surface area contributed by atoms with Crippen molar-refractivity contribution in [3.8, 4) is 11.5 Å². The zero-order valence-electron chi connectivity index (χ0n) is 10.0. The first kappa shape index (κ1) is 15.6. The van der Waals surface area contributed by atoms with Crippen molar-refractivity contribution in [3.63, 3.8) is 0 Å². The number of halogens is 5. The first-order chi connectivity index (χ1) is 9.40. The van der Waals surface area contributed by atoms with Gasteiger partial charge >= 0.3 is 6.18 Å². The van der Waals surface area contributed by atoms with Gasteiger partial charge in [-0.2, -0.15) is 13.2 Å². The summed E-state index contributed by atoms with van der Waals surface area (Å²) < 4.78 is 45.2. The smallest absolute Gasteiger partial charge is 0.416 e. The summed E-state index contributed by atoms with van der Waals surface area (Å²) in [5, 5.41) is 0.144. The van der Waals surface area contributed by atoms with Crippen LogP contribution >= 0.6 is 38.5 Å². The highest BCUT2D eigenvalue weighted by atomic mass is 127. The van der Waals surface area contributed by atoms with Gasteiger partial charge in [0.15, 0.2) is 0 Å². The first-order valence-electron chi connectivity index (χ1n) is 5.59. The zero-order chi connectivity index (χ0) is 14.8. The Kier molecular flexibility index (Phi) is 4.95. The Labute approximate surface area is 136 Å². The van der Waals surface area contributed by atoms with Gasteiger partial charge < -0.3 is 4.74 Å². The minimum atomic E-state index is -4.40. The van der Waals surface area contributed by atoms with E-state index in [9.17, 15) is 13.2 Å². The monoisotopic (exact) mass is 456 g/mol. The summed E-state index contributed by atoms with van der Waals surface area (Å²) in [6, 6.07) is 11.1. The molecule has 0 spiro atoms. The molecule has 0 aliphatic rings. The van der Waals surface area contributed by atoms with E-state index in [1.807, 2.05) is 6.07 Å². The summed E-state index contributed by atoms with van der Waals surface area (Å²) in [5.41, 5.74) is -0.495. The van der Waals surface area contributed by atoms with Gasteiger partial charge in [-0.3, -0.25) is 0 Å². The molecule has 106 valence electrons. The Morgan fingerprint density at radius 2 is 1.75 bits per heavy atom. The van der Waals surface area contributed by atoms with Crippen molar-refractivity contribution >= 4 is 38.5 Å². The van der Waals surface area contributed by atoms with Gasteiger partial charge in [-0.1, -0.05) is 28.1 Å². The quantitative estimate of drug-likeness (QED) is 0.406. The molecule has 2 rings (SSSR count). The molecule has 1 nitrogen and oxygen atoms in total. The van der Waals surface area contributed by atoms with Crippen LogP contribution in [0, 0.1) is 3.57 Å². The summed E-state index contributed by atoms with van der Waals surface area (Å²) in [6.07, 6.45) is -4.40. The summed E-state index contributed by atoms with van der Waals surface area (Å²) in [5.74, 6) is 0.681. The molecule has 2 aromatic rings. The first-order valence-corrected chi connectivity index (χ1v) is 7.79. The lowest BCUT2D eigenvalue weighted by Gasteiger charge is -2.13. The van der Waals surface area contributed by atoms with E-state index < -0.39 is 11.7 Å². The normalized spacial score (nSPS) is 11.4. The summed E-state index contributed by atoms with van der Waals surface area (Å²) >= 11 is 5.17. The van der Waals surface area contributed by atoms with Crippen LogP contribution in [0.2, 0.25) is 0 Å². The molecule has 0 heterocycles. The van der Waals surface area contributed by atoms with Crippen LogP contribution in [0.15, 0.2) is 42.5 Å². The minimum Gasteiger partial charge on any atom is -0.457 e. The third-order valence-electron chi connectivity index (χ3n) is 2.56. The molecule has 0 saturated heterocycles.